The Hall–Kier alpha value is -1.98. The van der Waals surface area contributed by atoms with E-state index in [0.717, 1.165) is 0 Å². The lowest BCUT2D eigenvalue weighted by Gasteiger charge is -2.37. The SMILES string of the molecule is CCOC(=O)c1nn(C)c2c1CCN(CC1(S(=O)(=O)C(C)(C)C3COC(C)(C)O3)CC1)C2=O. The first-order valence-corrected chi connectivity index (χ1v) is 12.8. The van der Waals surface area contributed by atoms with Crippen LogP contribution in [-0.2, 0) is 37.5 Å². The number of nitrogens with zero attached hydrogens (tertiary/aromatic N) is 3. The van der Waals surface area contributed by atoms with Crippen molar-refractivity contribution in [3.05, 3.63) is 17.0 Å². The zero-order chi connectivity index (χ0) is 24.4. The number of rotatable bonds is 7. The van der Waals surface area contributed by atoms with Crippen LogP contribution in [0.25, 0.3) is 0 Å². The van der Waals surface area contributed by atoms with Crippen LogP contribution in [-0.4, -0.2) is 82.7 Å². The molecule has 1 saturated carbocycles. The molecule has 0 N–H and O–H groups in total. The number of carbonyl (C=O) groups is 2. The van der Waals surface area contributed by atoms with Crippen LogP contribution in [0.1, 0.15) is 74.0 Å². The Morgan fingerprint density at radius 2 is 1.97 bits per heavy atom. The molecule has 1 saturated heterocycles. The molecule has 1 amide bonds. The van der Waals surface area contributed by atoms with Gasteiger partial charge in [-0.1, -0.05) is 0 Å². The van der Waals surface area contributed by atoms with Crippen LogP contribution in [0.2, 0.25) is 0 Å². The van der Waals surface area contributed by atoms with Crippen LogP contribution < -0.4 is 0 Å². The maximum absolute atomic E-state index is 13.8. The summed E-state index contributed by atoms with van der Waals surface area (Å²) in [5.74, 6) is -1.70. The summed E-state index contributed by atoms with van der Waals surface area (Å²) >= 11 is 0. The Morgan fingerprint density at radius 1 is 1.30 bits per heavy atom. The highest BCUT2D eigenvalue weighted by Gasteiger charge is 2.64. The van der Waals surface area contributed by atoms with Crippen LogP contribution in [0.15, 0.2) is 0 Å². The third-order valence-corrected chi connectivity index (χ3v) is 10.4. The van der Waals surface area contributed by atoms with Crippen molar-refractivity contribution in [1.29, 1.82) is 0 Å². The van der Waals surface area contributed by atoms with Crippen LogP contribution in [0.4, 0.5) is 0 Å². The molecule has 1 atom stereocenters. The van der Waals surface area contributed by atoms with Gasteiger partial charge >= 0.3 is 5.97 Å². The van der Waals surface area contributed by atoms with Gasteiger partial charge in [0.15, 0.2) is 21.3 Å². The zero-order valence-corrected chi connectivity index (χ0v) is 21.0. The molecule has 2 aliphatic heterocycles. The molecule has 1 aromatic rings. The number of ether oxygens (including phenoxy) is 3. The molecule has 11 heteroatoms. The first-order chi connectivity index (χ1) is 15.3. The van der Waals surface area contributed by atoms with Gasteiger partial charge in [-0.05, 0) is 53.9 Å². The van der Waals surface area contributed by atoms with Crippen LogP contribution in [0.3, 0.4) is 0 Å². The van der Waals surface area contributed by atoms with E-state index in [0.29, 0.717) is 37.1 Å². The molecular weight excluding hydrogens is 450 g/mol. The monoisotopic (exact) mass is 483 g/mol. The molecule has 1 aromatic heterocycles. The summed E-state index contributed by atoms with van der Waals surface area (Å²) in [5, 5.41) is 4.21. The van der Waals surface area contributed by atoms with Gasteiger partial charge in [-0.25, -0.2) is 13.2 Å². The van der Waals surface area contributed by atoms with E-state index in [4.69, 9.17) is 14.2 Å². The number of sulfone groups is 1. The van der Waals surface area contributed by atoms with Gasteiger partial charge in [-0.15, -0.1) is 0 Å². The summed E-state index contributed by atoms with van der Waals surface area (Å²) < 4.78 is 43.5. The van der Waals surface area contributed by atoms with Crippen LogP contribution in [0.5, 0.6) is 0 Å². The highest BCUT2D eigenvalue weighted by Crippen LogP contribution is 2.51. The van der Waals surface area contributed by atoms with Crippen LogP contribution >= 0.6 is 0 Å². The van der Waals surface area contributed by atoms with E-state index in [2.05, 4.69) is 5.10 Å². The minimum absolute atomic E-state index is 0.105. The molecule has 0 radical (unpaired) electrons. The number of fused-ring (bicyclic) bond motifs is 1. The topological polar surface area (TPSA) is 117 Å². The van der Waals surface area contributed by atoms with Gasteiger partial charge in [-0.2, -0.15) is 5.10 Å². The van der Waals surface area contributed by atoms with Gasteiger partial charge in [0, 0.05) is 25.7 Å². The normalized spacial score (nSPS) is 24.0. The Labute approximate surface area is 194 Å². The minimum atomic E-state index is -3.68. The zero-order valence-electron chi connectivity index (χ0n) is 20.1. The molecule has 1 aliphatic carbocycles. The van der Waals surface area contributed by atoms with Crippen molar-refractivity contribution in [2.45, 2.75) is 75.3 Å². The number of esters is 1. The summed E-state index contributed by atoms with van der Waals surface area (Å²) in [7, 11) is -2.08. The van der Waals surface area contributed by atoms with Gasteiger partial charge < -0.3 is 19.1 Å². The molecule has 10 nitrogen and oxygen atoms in total. The largest absolute Gasteiger partial charge is 0.461 e. The summed E-state index contributed by atoms with van der Waals surface area (Å²) in [6, 6.07) is 0. The molecule has 33 heavy (non-hydrogen) atoms. The highest BCUT2D eigenvalue weighted by molar-refractivity contribution is 7.94. The van der Waals surface area contributed by atoms with E-state index in [1.165, 1.54) is 4.68 Å². The molecule has 3 aliphatic rings. The second-order valence-electron chi connectivity index (χ2n) is 10.1. The van der Waals surface area contributed by atoms with E-state index >= 15 is 0 Å². The molecule has 0 aromatic carbocycles. The van der Waals surface area contributed by atoms with Crippen molar-refractivity contribution in [3.63, 3.8) is 0 Å². The molecular formula is C22H33N3O7S. The lowest BCUT2D eigenvalue weighted by Crippen LogP contribution is -2.55. The Morgan fingerprint density at radius 3 is 2.52 bits per heavy atom. The number of aryl methyl sites for hydroxylation is 1. The molecule has 2 fully saturated rings. The van der Waals surface area contributed by atoms with E-state index in [1.807, 2.05) is 0 Å². The van der Waals surface area contributed by atoms with Gasteiger partial charge in [-0.3, -0.25) is 9.48 Å². The average molecular weight is 484 g/mol. The fraction of sp³-hybridized carbons (Fsp3) is 0.773. The first kappa shape index (κ1) is 24.2. The lowest BCUT2D eigenvalue weighted by molar-refractivity contribution is -0.141. The molecule has 0 spiro atoms. The van der Waals surface area contributed by atoms with E-state index in [1.54, 1.807) is 46.6 Å². The second-order valence-corrected chi connectivity index (χ2v) is 13.0. The second kappa shape index (κ2) is 7.78. The molecule has 1 unspecified atom stereocenters. The van der Waals surface area contributed by atoms with Crippen molar-refractivity contribution in [3.8, 4) is 0 Å². The van der Waals surface area contributed by atoms with E-state index in [9.17, 15) is 18.0 Å². The molecule has 4 rings (SSSR count). The Bertz CT molecular complexity index is 1090. The molecule has 0 bridgehead atoms. The predicted molar refractivity (Wildman–Crippen MR) is 119 cm³/mol. The van der Waals surface area contributed by atoms with Crippen LogP contribution in [0, 0.1) is 0 Å². The first-order valence-electron chi connectivity index (χ1n) is 11.3. The predicted octanol–water partition coefficient (Wildman–Crippen LogP) is 1.47. The summed E-state index contributed by atoms with van der Waals surface area (Å²) in [6.45, 7) is 9.45. The number of hydrogen-bond donors (Lipinski definition) is 0. The standard InChI is InChI=1S/C22H33N3O7S/c1-7-30-19(27)16-14-8-11-25(18(26)17(14)24(6)23-16)13-22(9-10-22)33(28,29)20(2,3)15-12-31-21(4,5)32-15/h15H,7-13H2,1-6H3. The minimum Gasteiger partial charge on any atom is -0.461 e. The van der Waals surface area contributed by atoms with Gasteiger partial charge in [0.2, 0.25) is 0 Å². The maximum Gasteiger partial charge on any atom is 0.359 e. The van der Waals surface area contributed by atoms with Gasteiger partial charge in [0.25, 0.3) is 5.91 Å². The fourth-order valence-corrected chi connectivity index (χ4v) is 7.39. The summed E-state index contributed by atoms with van der Waals surface area (Å²) in [5.41, 5.74) is 1.02. The van der Waals surface area contributed by atoms with Crippen molar-refractivity contribution < 1.29 is 32.2 Å². The number of hydrogen-bond acceptors (Lipinski definition) is 8. The Balaban J connectivity index is 1.57. The van der Waals surface area contributed by atoms with E-state index < -0.39 is 37.2 Å². The maximum atomic E-state index is 13.8. The van der Waals surface area contributed by atoms with Crippen molar-refractivity contribution in [2.24, 2.45) is 7.05 Å². The number of carbonyl (C=O) groups excluding carboxylic acids is 2. The fourth-order valence-electron chi connectivity index (χ4n) is 4.84. The quantitative estimate of drug-likeness (QED) is 0.535. The number of aromatic nitrogens is 2. The summed E-state index contributed by atoms with van der Waals surface area (Å²) in [4.78, 5) is 27.2. The van der Waals surface area contributed by atoms with E-state index in [-0.39, 0.29) is 31.4 Å². The van der Waals surface area contributed by atoms with Gasteiger partial charge in [0.05, 0.1) is 22.7 Å². The third-order valence-electron chi connectivity index (χ3n) is 7.07. The molecule has 3 heterocycles. The average Bonchev–Trinajstić information content (AvgIpc) is 3.31. The summed E-state index contributed by atoms with van der Waals surface area (Å²) in [6.07, 6.45) is 0.802. The van der Waals surface area contributed by atoms with Crippen molar-refractivity contribution in [2.75, 3.05) is 26.3 Å². The lowest BCUT2D eigenvalue weighted by atomic mass is 10.0. The third kappa shape index (κ3) is 3.77. The highest BCUT2D eigenvalue weighted by atomic mass is 32.2. The molecule has 184 valence electrons. The van der Waals surface area contributed by atoms with Crippen molar-refractivity contribution in [1.82, 2.24) is 14.7 Å². The van der Waals surface area contributed by atoms with Crippen molar-refractivity contribution >= 4 is 21.7 Å². The smallest absolute Gasteiger partial charge is 0.359 e. The van der Waals surface area contributed by atoms with Gasteiger partial charge in [0.1, 0.15) is 11.8 Å². The Kier molecular flexibility index (Phi) is 5.69. The number of amides is 1.